The number of benzene rings is 1. The van der Waals surface area contributed by atoms with Gasteiger partial charge in [0.1, 0.15) is 30.5 Å². The summed E-state index contributed by atoms with van der Waals surface area (Å²) >= 11 is 0. The molecule has 1 aromatic carbocycles. The number of phenols is 2. The Hall–Kier alpha value is -1.99. The van der Waals surface area contributed by atoms with E-state index in [9.17, 15) is 40.6 Å². The zero-order valence-electron chi connectivity index (χ0n) is 13.5. The molecule has 11 nitrogen and oxygen atoms in total. The molecular formula is C15H21NO10. The third kappa shape index (κ3) is 4.04. The van der Waals surface area contributed by atoms with Crippen molar-refractivity contribution in [2.45, 2.75) is 43.1 Å². The predicted octanol–water partition coefficient (Wildman–Crippen LogP) is -2.42. The lowest BCUT2D eigenvalue weighted by molar-refractivity contribution is -0.328. The van der Waals surface area contributed by atoms with Gasteiger partial charge in [0.2, 0.25) is 0 Å². The summed E-state index contributed by atoms with van der Waals surface area (Å²) in [5.41, 5.74) is 0.247. The summed E-state index contributed by atoms with van der Waals surface area (Å²) in [4.78, 5) is 11.5. The highest BCUT2D eigenvalue weighted by molar-refractivity contribution is 5.73. The van der Waals surface area contributed by atoms with Crippen LogP contribution in [0.2, 0.25) is 0 Å². The summed E-state index contributed by atoms with van der Waals surface area (Å²) < 4.78 is 5.12. The van der Waals surface area contributed by atoms with Crippen LogP contribution < -0.4 is 0 Å². The first-order valence-corrected chi connectivity index (χ1v) is 7.68. The van der Waals surface area contributed by atoms with Crippen molar-refractivity contribution in [3.8, 4) is 11.5 Å². The molecule has 1 heterocycles. The van der Waals surface area contributed by atoms with Crippen LogP contribution in [0.4, 0.5) is 0 Å². The van der Waals surface area contributed by atoms with Gasteiger partial charge in [0, 0.05) is 6.42 Å². The first kappa shape index (κ1) is 20.3. The quantitative estimate of drug-likeness (QED) is 0.195. The van der Waals surface area contributed by atoms with E-state index in [4.69, 9.17) is 9.84 Å². The molecule has 146 valence electrons. The second kappa shape index (κ2) is 8.14. The van der Waals surface area contributed by atoms with Gasteiger partial charge in [-0.3, -0.25) is 4.79 Å². The van der Waals surface area contributed by atoms with Crippen LogP contribution >= 0.6 is 0 Å². The first-order chi connectivity index (χ1) is 12.2. The maximum atomic E-state index is 11.5. The average Bonchev–Trinajstić information content (AvgIpc) is 2.60. The molecule has 1 aromatic rings. The van der Waals surface area contributed by atoms with E-state index in [0.29, 0.717) is 0 Å². The molecule has 1 aliphatic heterocycles. The number of carboxylic acid groups (broad SMARTS) is 1. The van der Waals surface area contributed by atoms with E-state index in [2.05, 4.69) is 0 Å². The van der Waals surface area contributed by atoms with Crippen molar-refractivity contribution >= 4 is 5.97 Å². The van der Waals surface area contributed by atoms with E-state index in [1.165, 1.54) is 6.07 Å². The molecule has 6 atom stereocenters. The van der Waals surface area contributed by atoms with Gasteiger partial charge < -0.3 is 45.7 Å². The molecule has 1 aliphatic rings. The molecular weight excluding hydrogens is 354 g/mol. The Balaban J connectivity index is 2.22. The fraction of sp³-hybridized carbons (Fsp3) is 0.533. The van der Waals surface area contributed by atoms with Crippen LogP contribution in [0.15, 0.2) is 18.2 Å². The van der Waals surface area contributed by atoms with Crippen molar-refractivity contribution in [2.75, 3.05) is 6.61 Å². The molecule has 26 heavy (non-hydrogen) atoms. The smallest absolute Gasteiger partial charge is 0.323 e. The molecule has 0 bridgehead atoms. The van der Waals surface area contributed by atoms with E-state index in [0.717, 1.165) is 12.1 Å². The van der Waals surface area contributed by atoms with E-state index in [-0.39, 0.29) is 17.0 Å². The van der Waals surface area contributed by atoms with Crippen LogP contribution in [-0.2, 0) is 16.0 Å². The summed E-state index contributed by atoms with van der Waals surface area (Å²) in [6, 6.07) is 1.90. The van der Waals surface area contributed by atoms with E-state index >= 15 is 0 Å². The van der Waals surface area contributed by atoms with Crippen LogP contribution in [0.3, 0.4) is 0 Å². The number of aliphatic hydroxyl groups excluding tert-OH is 4. The van der Waals surface area contributed by atoms with Crippen LogP contribution in [0.5, 0.6) is 11.5 Å². The van der Waals surface area contributed by atoms with Crippen molar-refractivity contribution in [1.29, 1.82) is 0 Å². The molecule has 11 heteroatoms. The standard InChI is InChI=1S/C15H21NO10/c17-5-10-11(20)12(21)13(22)14(26-10)16(25)7(15(23)24)3-6-1-2-8(18)9(19)4-6/h1-2,4,7,10-14,17-22,25H,3,5H2,(H,23,24)/t7-,10+,11+,12-,13+,14-/m0/s1. The zero-order valence-corrected chi connectivity index (χ0v) is 13.5. The third-order valence-electron chi connectivity index (χ3n) is 4.20. The van der Waals surface area contributed by atoms with Gasteiger partial charge >= 0.3 is 5.97 Å². The van der Waals surface area contributed by atoms with Gasteiger partial charge in [0.05, 0.1) is 6.61 Å². The maximum Gasteiger partial charge on any atom is 0.323 e. The lowest BCUT2D eigenvalue weighted by atomic mass is 9.97. The van der Waals surface area contributed by atoms with Crippen LogP contribution in [0, 0.1) is 0 Å². The van der Waals surface area contributed by atoms with Gasteiger partial charge in [0.25, 0.3) is 0 Å². The fourth-order valence-electron chi connectivity index (χ4n) is 2.69. The van der Waals surface area contributed by atoms with E-state index < -0.39 is 60.8 Å². The number of carboxylic acids is 1. The number of aliphatic carboxylic acids is 1. The Bertz CT molecular complexity index is 639. The monoisotopic (exact) mass is 375 g/mol. The lowest BCUT2D eigenvalue weighted by Crippen LogP contribution is -2.65. The topological polar surface area (TPSA) is 191 Å². The Labute approximate surface area is 147 Å². The summed E-state index contributed by atoms with van der Waals surface area (Å²) in [7, 11) is 0. The van der Waals surface area contributed by atoms with Gasteiger partial charge in [-0.1, -0.05) is 6.07 Å². The van der Waals surface area contributed by atoms with Gasteiger partial charge in [-0.15, -0.1) is 5.06 Å². The van der Waals surface area contributed by atoms with Crippen LogP contribution in [-0.4, -0.2) is 95.3 Å². The van der Waals surface area contributed by atoms with Gasteiger partial charge in [0.15, 0.2) is 17.7 Å². The van der Waals surface area contributed by atoms with Gasteiger partial charge in [-0.25, -0.2) is 0 Å². The number of aliphatic hydroxyl groups is 4. The Morgan fingerprint density at radius 1 is 1.12 bits per heavy atom. The highest BCUT2D eigenvalue weighted by atomic mass is 16.6. The second-order valence-corrected chi connectivity index (χ2v) is 5.98. The number of ether oxygens (including phenoxy) is 1. The number of phenolic OH excluding ortho intramolecular Hbond substituents is 2. The zero-order chi connectivity index (χ0) is 19.6. The minimum absolute atomic E-state index is 0.161. The first-order valence-electron chi connectivity index (χ1n) is 7.68. The number of hydrogen-bond donors (Lipinski definition) is 8. The van der Waals surface area contributed by atoms with Crippen molar-refractivity contribution in [3.63, 3.8) is 0 Å². The summed E-state index contributed by atoms with van der Waals surface area (Å²) in [6.07, 6.45) is -8.70. The molecule has 0 amide bonds. The number of hydrogen-bond acceptors (Lipinski definition) is 10. The fourth-order valence-corrected chi connectivity index (χ4v) is 2.69. The molecule has 0 saturated carbocycles. The minimum Gasteiger partial charge on any atom is -0.504 e. The molecule has 8 N–H and O–H groups in total. The van der Waals surface area contributed by atoms with Crippen molar-refractivity contribution in [3.05, 3.63) is 23.8 Å². The molecule has 0 aliphatic carbocycles. The molecule has 0 spiro atoms. The van der Waals surface area contributed by atoms with Gasteiger partial charge in [-0.05, 0) is 17.7 Å². The highest BCUT2D eigenvalue weighted by Gasteiger charge is 2.48. The third-order valence-corrected chi connectivity index (χ3v) is 4.20. The Morgan fingerprint density at radius 3 is 2.31 bits per heavy atom. The van der Waals surface area contributed by atoms with Crippen LogP contribution in [0.25, 0.3) is 0 Å². The van der Waals surface area contributed by atoms with Crippen molar-refractivity contribution in [2.24, 2.45) is 0 Å². The number of carbonyl (C=O) groups is 1. The summed E-state index contributed by atoms with van der Waals surface area (Å²) in [6.45, 7) is -0.737. The largest absolute Gasteiger partial charge is 0.504 e. The summed E-state index contributed by atoms with van der Waals surface area (Å²) in [5.74, 6) is -2.39. The molecule has 1 fully saturated rings. The molecule has 0 aromatic heterocycles. The van der Waals surface area contributed by atoms with Crippen molar-refractivity contribution in [1.82, 2.24) is 5.06 Å². The highest BCUT2D eigenvalue weighted by Crippen LogP contribution is 2.28. The number of nitrogens with zero attached hydrogens (tertiary/aromatic N) is 1. The normalized spacial score (nSPS) is 30.3. The summed E-state index contributed by atoms with van der Waals surface area (Å²) in [5, 5.41) is 77.2. The van der Waals surface area contributed by atoms with Crippen molar-refractivity contribution < 1.29 is 50.5 Å². The molecule has 2 rings (SSSR count). The minimum atomic E-state index is -1.85. The maximum absolute atomic E-state index is 11.5. The number of hydroxylamine groups is 2. The van der Waals surface area contributed by atoms with Gasteiger partial charge in [-0.2, -0.15) is 0 Å². The predicted molar refractivity (Wildman–Crippen MR) is 82.3 cm³/mol. The molecule has 0 radical (unpaired) electrons. The molecule has 0 unspecified atom stereocenters. The van der Waals surface area contributed by atoms with E-state index in [1.807, 2.05) is 0 Å². The SMILES string of the molecule is O=C(O)[C@H](Cc1ccc(O)c(O)c1)N(O)[C@H]1O[C@H](CO)[C@@H](O)[C@H](O)[C@H]1O. The lowest BCUT2D eigenvalue weighted by Gasteiger charge is -2.43. The molecule has 1 saturated heterocycles. The average molecular weight is 375 g/mol. The number of aromatic hydroxyl groups is 2. The second-order valence-electron chi connectivity index (χ2n) is 5.98. The Morgan fingerprint density at radius 2 is 1.77 bits per heavy atom. The van der Waals surface area contributed by atoms with E-state index in [1.54, 1.807) is 0 Å². The Kier molecular flexibility index (Phi) is 6.36. The number of rotatable bonds is 6. The van der Waals surface area contributed by atoms with Crippen LogP contribution in [0.1, 0.15) is 5.56 Å².